The molecule has 0 saturated heterocycles. The third-order valence-electron chi connectivity index (χ3n) is 1.97. The standard InChI is InChI=1S/C9H9NO3S.Li/c11-9(12)8-10-7(5-14-8)6-1-3-13-4-2-6;/h1,5H,2-4H2,(H,11,12);/q;+1/p-1. The number of rotatable bonds is 2. The Morgan fingerprint density at radius 1 is 1.60 bits per heavy atom. The SMILES string of the molecule is O=C([O-])c1nc(C2=CCOCC2)cs1.[Li+]. The van der Waals surface area contributed by atoms with Crippen LogP contribution in [0, 0.1) is 0 Å². The molecule has 0 atom stereocenters. The van der Waals surface area contributed by atoms with Gasteiger partial charge in [0.2, 0.25) is 0 Å². The van der Waals surface area contributed by atoms with Crippen LogP contribution in [0.3, 0.4) is 0 Å². The van der Waals surface area contributed by atoms with Gasteiger partial charge in [-0.2, -0.15) is 0 Å². The zero-order valence-corrected chi connectivity index (χ0v) is 9.17. The van der Waals surface area contributed by atoms with Crippen LogP contribution in [0.25, 0.3) is 5.57 Å². The first-order valence-electron chi connectivity index (χ1n) is 4.21. The molecule has 1 aliphatic heterocycles. The summed E-state index contributed by atoms with van der Waals surface area (Å²) in [5.74, 6) is -1.21. The van der Waals surface area contributed by atoms with E-state index in [2.05, 4.69) is 4.98 Å². The van der Waals surface area contributed by atoms with Gasteiger partial charge in [-0.3, -0.25) is 0 Å². The van der Waals surface area contributed by atoms with Crippen molar-refractivity contribution in [1.82, 2.24) is 4.98 Å². The van der Waals surface area contributed by atoms with Crippen molar-refractivity contribution in [2.24, 2.45) is 0 Å². The molecule has 0 radical (unpaired) electrons. The van der Waals surface area contributed by atoms with E-state index in [4.69, 9.17) is 4.74 Å². The molecule has 1 aromatic heterocycles. The molecule has 2 heterocycles. The molecule has 0 amide bonds. The number of hydrogen-bond donors (Lipinski definition) is 0. The maximum Gasteiger partial charge on any atom is 1.00 e. The molecule has 4 nitrogen and oxygen atoms in total. The van der Waals surface area contributed by atoms with Gasteiger partial charge in [0.05, 0.1) is 18.9 Å². The number of hydrogen-bond acceptors (Lipinski definition) is 5. The predicted octanol–water partition coefficient (Wildman–Crippen LogP) is -2.69. The van der Waals surface area contributed by atoms with Crippen molar-refractivity contribution in [1.29, 1.82) is 0 Å². The van der Waals surface area contributed by atoms with Gasteiger partial charge in [-0.05, 0) is 12.0 Å². The number of aromatic carboxylic acids is 1. The quantitative estimate of drug-likeness (QED) is 0.506. The van der Waals surface area contributed by atoms with Crippen LogP contribution < -0.4 is 24.0 Å². The third kappa shape index (κ3) is 2.92. The van der Waals surface area contributed by atoms with E-state index in [1.807, 2.05) is 6.08 Å². The molecular formula is C9H8LiNO3S. The molecule has 0 fully saturated rings. The Bertz CT molecular complexity index is 388. The molecule has 0 spiro atoms. The van der Waals surface area contributed by atoms with Gasteiger partial charge >= 0.3 is 18.9 Å². The normalized spacial score (nSPS) is 15.3. The number of carbonyl (C=O) groups is 1. The van der Waals surface area contributed by atoms with Crippen LogP contribution in [-0.2, 0) is 4.74 Å². The Balaban J connectivity index is 0.00000112. The first-order valence-corrected chi connectivity index (χ1v) is 5.09. The van der Waals surface area contributed by atoms with Crippen LogP contribution in [-0.4, -0.2) is 24.2 Å². The number of carboxylic acids is 1. The first-order chi connectivity index (χ1) is 6.77. The van der Waals surface area contributed by atoms with E-state index in [1.54, 1.807) is 5.38 Å². The van der Waals surface area contributed by atoms with E-state index in [1.165, 1.54) is 0 Å². The summed E-state index contributed by atoms with van der Waals surface area (Å²) in [6.45, 7) is 1.25. The summed E-state index contributed by atoms with van der Waals surface area (Å²) in [7, 11) is 0. The van der Waals surface area contributed by atoms with Gasteiger partial charge in [0.1, 0.15) is 11.0 Å². The fraction of sp³-hybridized carbons (Fsp3) is 0.333. The Hall–Kier alpha value is -0.603. The minimum atomic E-state index is -1.21. The van der Waals surface area contributed by atoms with E-state index in [0.29, 0.717) is 13.2 Å². The number of aromatic nitrogens is 1. The number of carboxylic acid groups (broad SMARTS) is 1. The van der Waals surface area contributed by atoms with Gasteiger partial charge in [0.25, 0.3) is 0 Å². The fourth-order valence-corrected chi connectivity index (χ4v) is 1.95. The van der Waals surface area contributed by atoms with Crippen molar-refractivity contribution in [3.8, 4) is 0 Å². The molecule has 2 rings (SSSR count). The zero-order valence-electron chi connectivity index (χ0n) is 8.36. The van der Waals surface area contributed by atoms with E-state index in [0.717, 1.165) is 29.0 Å². The summed E-state index contributed by atoms with van der Waals surface area (Å²) in [4.78, 5) is 14.5. The first kappa shape index (κ1) is 12.5. The minimum Gasteiger partial charge on any atom is -0.542 e. The maximum atomic E-state index is 10.5. The fourth-order valence-electron chi connectivity index (χ4n) is 1.27. The van der Waals surface area contributed by atoms with Gasteiger partial charge in [-0.15, -0.1) is 11.3 Å². The van der Waals surface area contributed by atoms with E-state index in [-0.39, 0.29) is 23.9 Å². The topological polar surface area (TPSA) is 62.2 Å². The van der Waals surface area contributed by atoms with Gasteiger partial charge in [-0.1, -0.05) is 6.08 Å². The summed E-state index contributed by atoms with van der Waals surface area (Å²) < 4.78 is 5.15. The second kappa shape index (κ2) is 5.47. The maximum absolute atomic E-state index is 10.5. The zero-order chi connectivity index (χ0) is 9.97. The molecule has 6 heteroatoms. The van der Waals surface area contributed by atoms with E-state index >= 15 is 0 Å². The van der Waals surface area contributed by atoms with Gasteiger partial charge < -0.3 is 14.6 Å². The largest absolute Gasteiger partial charge is 1.00 e. The van der Waals surface area contributed by atoms with Crippen LogP contribution in [0.1, 0.15) is 21.9 Å². The number of thiazole rings is 1. The average Bonchev–Trinajstić information content (AvgIpc) is 2.68. The van der Waals surface area contributed by atoms with Crippen molar-refractivity contribution in [3.63, 3.8) is 0 Å². The van der Waals surface area contributed by atoms with Crippen molar-refractivity contribution in [2.45, 2.75) is 6.42 Å². The Labute approximate surface area is 103 Å². The van der Waals surface area contributed by atoms with Gasteiger partial charge in [0.15, 0.2) is 0 Å². The monoisotopic (exact) mass is 217 g/mol. The molecule has 0 N–H and O–H groups in total. The van der Waals surface area contributed by atoms with Crippen LogP contribution in [0.15, 0.2) is 11.5 Å². The molecule has 0 aliphatic carbocycles. The van der Waals surface area contributed by atoms with Gasteiger partial charge in [-0.25, -0.2) is 4.98 Å². The molecule has 15 heavy (non-hydrogen) atoms. The van der Waals surface area contributed by atoms with Crippen LogP contribution in [0.5, 0.6) is 0 Å². The van der Waals surface area contributed by atoms with E-state index < -0.39 is 5.97 Å². The summed E-state index contributed by atoms with van der Waals surface area (Å²) in [5.41, 5.74) is 1.79. The Morgan fingerprint density at radius 2 is 2.40 bits per heavy atom. The molecule has 1 aliphatic rings. The van der Waals surface area contributed by atoms with Crippen LogP contribution >= 0.6 is 11.3 Å². The molecule has 0 bridgehead atoms. The second-order valence-corrected chi connectivity index (χ2v) is 3.74. The Kier molecular flexibility index (Phi) is 4.55. The number of carbonyl (C=O) groups excluding carboxylic acids is 1. The summed E-state index contributed by atoms with van der Waals surface area (Å²) in [6.07, 6.45) is 2.72. The summed E-state index contributed by atoms with van der Waals surface area (Å²) in [6, 6.07) is 0. The van der Waals surface area contributed by atoms with Gasteiger partial charge in [0, 0.05) is 5.38 Å². The average molecular weight is 217 g/mol. The Morgan fingerprint density at radius 3 is 2.93 bits per heavy atom. The molecule has 74 valence electrons. The third-order valence-corrected chi connectivity index (χ3v) is 2.79. The molecule has 0 unspecified atom stereocenters. The van der Waals surface area contributed by atoms with Crippen molar-refractivity contribution in [2.75, 3.05) is 13.2 Å². The summed E-state index contributed by atoms with van der Waals surface area (Å²) >= 11 is 1.10. The summed E-state index contributed by atoms with van der Waals surface area (Å²) in [5, 5.41) is 12.3. The second-order valence-electron chi connectivity index (χ2n) is 2.88. The molecule has 1 aromatic rings. The van der Waals surface area contributed by atoms with Crippen LogP contribution in [0.2, 0.25) is 0 Å². The number of ether oxygens (including phenoxy) is 1. The smallest absolute Gasteiger partial charge is 0.542 e. The predicted molar refractivity (Wildman–Crippen MR) is 49.9 cm³/mol. The van der Waals surface area contributed by atoms with Crippen molar-refractivity contribution >= 4 is 22.9 Å². The van der Waals surface area contributed by atoms with Crippen LogP contribution in [0.4, 0.5) is 0 Å². The van der Waals surface area contributed by atoms with Crippen molar-refractivity contribution in [3.05, 3.63) is 22.2 Å². The number of nitrogens with zero attached hydrogens (tertiary/aromatic N) is 1. The van der Waals surface area contributed by atoms with Crippen molar-refractivity contribution < 1.29 is 33.5 Å². The molecule has 0 aromatic carbocycles. The van der Waals surface area contributed by atoms with E-state index in [9.17, 15) is 9.90 Å². The molecule has 0 saturated carbocycles. The minimum absolute atomic E-state index is 0. The molecular weight excluding hydrogens is 209 g/mol.